The molecule has 0 radical (unpaired) electrons. The molecule has 1 nitrogen and oxygen atoms in total. The molecule has 3 rings (SSSR count). The number of carbonyl (C=O) groups excluding carboxylic acids is 1. The van der Waals surface area contributed by atoms with Crippen molar-refractivity contribution in [1.29, 1.82) is 0 Å². The number of carbonyl (C=O) groups is 1. The highest BCUT2D eigenvalue weighted by Crippen LogP contribution is 2.37. The molecule has 3 aromatic rings. The average Bonchev–Trinajstić information content (AvgIpc) is 2.73. The van der Waals surface area contributed by atoms with Crippen molar-refractivity contribution in [3.8, 4) is 0 Å². The second-order valence-electron chi connectivity index (χ2n) is 8.34. The summed E-state index contributed by atoms with van der Waals surface area (Å²) in [5.41, 5.74) is 4.55. The fourth-order valence-corrected chi connectivity index (χ4v) is 3.87. The highest BCUT2D eigenvalue weighted by Gasteiger charge is 2.38. The van der Waals surface area contributed by atoms with Crippen LogP contribution < -0.4 is 0 Å². The monoisotopic (exact) mass is 370 g/mol. The second-order valence-corrected chi connectivity index (χ2v) is 8.34. The molecule has 0 bridgehead atoms. The lowest BCUT2D eigenvalue weighted by Crippen LogP contribution is -2.35. The first-order valence-corrected chi connectivity index (χ1v) is 10.2. The molecule has 0 atom stereocenters. The van der Waals surface area contributed by atoms with E-state index in [0.29, 0.717) is 5.92 Å². The van der Waals surface area contributed by atoms with Gasteiger partial charge in [0, 0.05) is 5.56 Å². The zero-order valence-corrected chi connectivity index (χ0v) is 17.6. The van der Waals surface area contributed by atoms with Gasteiger partial charge in [-0.3, -0.25) is 4.79 Å². The Morgan fingerprint density at radius 3 is 1.64 bits per heavy atom. The SMILES string of the molecule is CC(C)c1ccc(C(=O)C(C)(c2ccccc2)c2ccccc2)c(C(C)C)c1. The number of Topliss-reactive ketones (excluding diaryl/α,β-unsaturated/α-hetero) is 1. The molecule has 0 aromatic heterocycles. The van der Waals surface area contributed by atoms with Crippen LogP contribution in [-0.2, 0) is 5.41 Å². The Kier molecular flexibility index (Phi) is 5.84. The quantitative estimate of drug-likeness (QED) is 0.422. The molecular weight excluding hydrogens is 340 g/mol. The highest BCUT2D eigenvalue weighted by atomic mass is 16.1. The van der Waals surface area contributed by atoms with Gasteiger partial charge in [0.2, 0.25) is 0 Å². The summed E-state index contributed by atoms with van der Waals surface area (Å²) >= 11 is 0. The van der Waals surface area contributed by atoms with Crippen LogP contribution in [0.4, 0.5) is 0 Å². The Labute approximate surface area is 169 Å². The van der Waals surface area contributed by atoms with Gasteiger partial charge in [-0.15, -0.1) is 0 Å². The van der Waals surface area contributed by atoms with Gasteiger partial charge in [0.1, 0.15) is 0 Å². The number of benzene rings is 3. The lowest BCUT2D eigenvalue weighted by Gasteiger charge is -2.31. The predicted molar refractivity (Wildman–Crippen MR) is 118 cm³/mol. The first-order valence-electron chi connectivity index (χ1n) is 10.2. The minimum Gasteiger partial charge on any atom is -0.293 e. The summed E-state index contributed by atoms with van der Waals surface area (Å²) in [6, 6.07) is 26.6. The molecule has 0 heterocycles. The standard InChI is InChI=1S/C27H30O/c1-19(2)21-16-17-24(25(18-21)20(3)4)26(28)27(5,22-12-8-6-9-13-22)23-14-10-7-11-15-23/h6-20H,1-5H3. The molecule has 0 aliphatic carbocycles. The van der Waals surface area contributed by atoms with Gasteiger partial charge in [0.05, 0.1) is 5.41 Å². The number of ketones is 1. The molecule has 0 N–H and O–H groups in total. The van der Waals surface area contributed by atoms with Crippen LogP contribution in [0.2, 0.25) is 0 Å². The van der Waals surface area contributed by atoms with Crippen LogP contribution in [0.25, 0.3) is 0 Å². The summed E-state index contributed by atoms with van der Waals surface area (Å²) in [7, 11) is 0. The minimum atomic E-state index is -0.731. The van der Waals surface area contributed by atoms with Gasteiger partial charge in [-0.05, 0) is 41.0 Å². The van der Waals surface area contributed by atoms with E-state index >= 15 is 0 Å². The molecule has 3 aromatic carbocycles. The smallest absolute Gasteiger partial charge is 0.177 e. The maximum atomic E-state index is 14.1. The van der Waals surface area contributed by atoms with E-state index in [1.165, 1.54) is 5.56 Å². The average molecular weight is 371 g/mol. The maximum Gasteiger partial charge on any atom is 0.177 e. The molecule has 0 unspecified atom stereocenters. The third-order valence-electron chi connectivity index (χ3n) is 5.77. The lowest BCUT2D eigenvalue weighted by molar-refractivity contribution is 0.0921. The summed E-state index contributed by atoms with van der Waals surface area (Å²) in [5, 5.41) is 0. The third-order valence-corrected chi connectivity index (χ3v) is 5.77. The van der Waals surface area contributed by atoms with Gasteiger partial charge >= 0.3 is 0 Å². The van der Waals surface area contributed by atoms with E-state index in [0.717, 1.165) is 22.3 Å². The zero-order chi connectivity index (χ0) is 20.3. The Hall–Kier alpha value is -2.67. The summed E-state index contributed by atoms with van der Waals surface area (Å²) in [4.78, 5) is 14.1. The number of hydrogen-bond acceptors (Lipinski definition) is 1. The fraction of sp³-hybridized carbons (Fsp3) is 0.296. The van der Waals surface area contributed by atoms with Crippen molar-refractivity contribution < 1.29 is 4.79 Å². The molecule has 28 heavy (non-hydrogen) atoms. The highest BCUT2D eigenvalue weighted by molar-refractivity contribution is 6.07. The van der Waals surface area contributed by atoms with E-state index in [1.807, 2.05) is 42.5 Å². The topological polar surface area (TPSA) is 17.1 Å². The van der Waals surface area contributed by atoms with Crippen LogP contribution >= 0.6 is 0 Å². The third kappa shape index (κ3) is 3.67. The van der Waals surface area contributed by atoms with Gasteiger partial charge in [-0.1, -0.05) is 107 Å². The Morgan fingerprint density at radius 1 is 0.714 bits per heavy atom. The van der Waals surface area contributed by atoms with Crippen LogP contribution in [0.3, 0.4) is 0 Å². The summed E-state index contributed by atoms with van der Waals surface area (Å²) in [6.07, 6.45) is 0. The molecule has 0 aliphatic heterocycles. The van der Waals surface area contributed by atoms with E-state index in [2.05, 4.69) is 71.0 Å². The van der Waals surface area contributed by atoms with Gasteiger partial charge in [-0.25, -0.2) is 0 Å². The molecule has 0 saturated heterocycles. The first-order chi connectivity index (χ1) is 13.4. The van der Waals surface area contributed by atoms with Crippen LogP contribution in [-0.4, -0.2) is 5.78 Å². The molecule has 0 spiro atoms. The molecule has 0 fully saturated rings. The molecule has 0 saturated carbocycles. The van der Waals surface area contributed by atoms with Crippen molar-refractivity contribution in [3.05, 3.63) is 107 Å². The Bertz CT molecular complexity index is 897. The lowest BCUT2D eigenvalue weighted by atomic mass is 9.70. The van der Waals surface area contributed by atoms with Gasteiger partial charge in [0.25, 0.3) is 0 Å². The molecular formula is C27H30O. The second kappa shape index (κ2) is 8.14. The van der Waals surface area contributed by atoms with Crippen LogP contribution in [0.1, 0.15) is 79.1 Å². The van der Waals surface area contributed by atoms with E-state index in [4.69, 9.17) is 0 Å². The van der Waals surface area contributed by atoms with E-state index in [1.54, 1.807) is 0 Å². The van der Waals surface area contributed by atoms with Crippen LogP contribution in [0, 0.1) is 0 Å². The van der Waals surface area contributed by atoms with Crippen LogP contribution in [0.5, 0.6) is 0 Å². The van der Waals surface area contributed by atoms with Crippen molar-refractivity contribution in [2.45, 2.75) is 51.9 Å². The summed E-state index contributed by atoms with van der Waals surface area (Å²) < 4.78 is 0. The first kappa shape index (κ1) is 20.1. The molecule has 0 amide bonds. The molecule has 1 heteroatoms. The van der Waals surface area contributed by atoms with Crippen LogP contribution in [0.15, 0.2) is 78.9 Å². The van der Waals surface area contributed by atoms with E-state index < -0.39 is 5.41 Å². The summed E-state index contributed by atoms with van der Waals surface area (Å²) in [6.45, 7) is 10.8. The Balaban J connectivity index is 2.21. The van der Waals surface area contributed by atoms with Gasteiger partial charge in [-0.2, -0.15) is 0 Å². The Morgan fingerprint density at radius 2 is 1.21 bits per heavy atom. The predicted octanol–water partition coefficient (Wildman–Crippen LogP) is 7.12. The number of rotatable bonds is 6. The van der Waals surface area contributed by atoms with Crippen molar-refractivity contribution in [2.75, 3.05) is 0 Å². The van der Waals surface area contributed by atoms with Crippen molar-refractivity contribution in [1.82, 2.24) is 0 Å². The van der Waals surface area contributed by atoms with Gasteiger partial charge < -0.3 is 0 Å². The van der Waals surface area contributed by atoms with Crippen molar-refractivity contribution in [3.63, 3.8) is 0 Å². The molecule has 0 aliphatic rings. The van der Waals surface area contributed by atoms with Crippen molar-refractivity contribution >= 4 is 5.78 Å². The van der Waals surface area contributed by atoms with Gasteiger partial charge in [0.15, 0.2) is 5.78 Å². The van der Waals surface area contributed by atoms with E-state index in [9.17, 15) is 4.79 Å². The summed E-state index contributed by atoms with van der Waals surface area (Å²) in [5.74, 6) is 0.883. The number of hydrogen-bond donors (Lipinski definition) is 0. The minimum absolute atomic E-state index is 0.156. The maximum absolute atomic E-state index is 14.1. The largest absolute Gasteiger partial charge is 0.293 e. The van der Waals surface area contributed by atoms with Crippen molar-refractivity contribution in [2.24, 2.45) is 0 Å². The fourth-order valence-electron chi connectivity index (χ4n) is 3.87. The molecule has 144 valence electrons. The zero-order valence-electron chi connectivity index (χ0n) is 17.6. The van der Waals surface area contributed by atoms with E-state index in [-0.39, 0.29) is 11.7 Å². The normalized spacial score (nSPS) is 11.8.